The second kappa shape index (κ2) is 9.43. The van der Waals surface area contributed by atoms with Crippen LogP contribution in [0.25, 0.3) is 0 Å². The normalized spacial score (nSPS) is 9.45. The van der Waals surface area contributed by atoms with E-state index in [0.717, 1.165) is 0 Å². The lowest BCUT2D eigenvalue weighted by Gasteiger charge is -1.91. The molecule has 0 aliphatic heterocycles. The fourth-order valence-electron chi connectivity index (χ4n) is 0.826. The smallest absolute Gasteiger partial charge is 0.437 e. The zero-order valence-corrected chi connectivity index (χ0v) is 10.5. The number of tetrazole rings is 2. The number of azo groups is 1. The monoisotopic (exact) mass is 318 g/mol. The van der Waals surface area contributed by atoms with Gasteiger partial charge in [0.1, 0.15) is 0 Å². The Morgan fingerprint density at radius 3 is 1.41 bits per heavy atom. The van der Waals surface area contributed by atoms with Gasteiger partial charge in [-0.25, -0.2) is 9.59 Å². The summed E-state index contributed by atoms with van der Waals surface area (Å²) in [6, 6.07) is 0. The van der Waals surface area contributed by atoms with Crippen LogP contribution in [0, 0.1) is 0 Å². The largest absolute Gasteiger partial charge is 0.463 e. The Morgan fingerprint density at radius 1 is 0.818 bits per heavy atom. The first-order valence-corrected chi connectivity index (χ1v) is 4.71. The number of rotatable bonds is 2. The zero-order chi connectivity index (χ0) is 17.1. The van der Waals surface area contributed by atoms with Gasteiger partial charge < -0.3 is 10.2 Å². The van der Waals surface area contributed by atoms with Crippen molar-refractivity contribution < 1.29 is 19.8 Å². The van der Waals surface area contributed by atoms with E-state index < -0.39 is 24.1 Å². The van der Waals surface area contributed by atoms with E-state index in [2.05, 4.69) is 64.7 Å². The van der Waals surface area contributed by atoms with E-state index in [1.165, 1.54) is 0 Å². The number of aromatic nitrogens is 8. The summed E-state index contributed by atoms with van der Waals surface area (Å²) >= 11 is 0. The van der Waals surface area contributed by atoms with Crippen molar-refractivity contribution in [3.05, 3.63) is 0 Å². The first kappa shape index (κ1) is 18.5. The molecule has 18 heteroatoms. The van der Waals surface area contributed by atoms with Gasteiger partial charge in [0.2, 0.25) is 0 Å². The van der Waals surface area contributed by atoms with Gasteiger partial charge in [0.25, 0.3) is 11.9 Å². The average Bonchev–Trinajstić information content (AvgIpc) is 3.18. The van der Waals surface area contributed by atoms with Gasteiger partial charge in [-0.2, -0.15) is 0 Å². The Kier molecular flexibility index (Phi) is 7.94. The predicted octanol–water partition coefficient (Wildman–Crippen LogP) is -3.24. The zero-order valence-electron chi connectivity index (χ0n) is 10.5. The highest BCUT2D eigenvalue weighted by atomic mass is 16.4. The van der Waals surface area contributed by atoms with Crippen LogP contribution in [0.3, 0.4) is 0 Å². The van der Waals surface area contributed by atoms with Crippen molar-refractivity contribution in [3.63, 3.8) is 0 Å². The predicted molar refractivity (Wildman–Crippen MR) is 63.4 cm³/mol. The minimum Gasteiger partial charge on any atom is -0.463 e. The van der Waals surface area contributed by atoms with E-state index in [4.69, 9.17) is 10.2 Å². The summed E-state index contributed by atoms with van der Waals surface area (Å²) in [5.41, 5.74) is 0. The lowest BCUT2D eigenvalue weighted by Crippen LogP contribution is -2.10. The summed E-state index contributed by atoms with van der Waals surface area (Å²) in [5, 5.41) is 42.7. The first-order valence-electron chi connectivity index (χ1n) is 4.71. The molecule has 2 heterocycles. The highest BCUT2D eigenvalue weighted by Gasteiger charge is 2.14. The van der Waals surface area contributed by atoms with Gasteiger partial charge in [-0.1, -0.05) is 10.2 Å². The molecule has 0 unspecified atom stereocenters. The molecule has 0 saturated carbocycles. The third kappa shape index (κ3) is 4.57. The van der Waals surface area contributed by atoms with Crippen molar-refractivity contribution in [2.45, 2.75) is 0 Å². The van der Waals surface area contributed by atoms with Crippen LogP contribution in [0.2, 0.25) is 0 Å². The third-order valence-electron chi connectivity index (χ3n) is 1.50. The molecule has 0 aliphatic rings. The van der Waals surface area contributed by atoms with Gasteiger partial charge in [0.05, 0.1) is 0 Å². The molecule has 0 atom stereocenters. The lowest BCUT2D eigenvalue weighted by molar-refractivity contribution is 0.191. The number of carbonyl (C=O) groups is 2. The van der Waals surface area contributed by atoms with E-state index in [-0.39, 0.29) is 0 Å². The summed E-state index contributed by atoms with van der Waals surface area (Å²) in [5.74, 6) is 15.1. The van der Waals surface area contributed by atoms with Crippen LogP contribution in [0.4, 0.5) is 21.5 Å². The molecule has 0 amide bonds. The standard InChI is InChI=1S/C4H2N10O4.2H4N2/c15-3(16)13-1(7-9-11-13)5-6-2-8-10-12-14(2)4(17)18;2*1-2/h(H,15,16)(H,17,18);2*1-2H2. The van der Waals surface area contributed by atoms with E-state index in [1.807, 2.05) is 0 Å². The van der Waals surface area contributed by atoms with E-state index in [9.17, 15) is 9.59 Å². The van der Waals surface area contributed by atoms with E-state index >= 15 is 0 Å². The van der Waals surface area contributed by atoms with Gasteiger partial charge >= 0.3 is 12.2 Å². The van der Waals surface area contributed by atoms with E-state index in [1.54, 1.807) is 0 Å². The van der Waals surface area contributed by atoms with Crippen molar-refractivity contribution in [1.29, 1.82) is 0 Å². The first-order chi connectivity index (χ1) is 10.6. The molecule has 0 fully saturated rings. The maximum Gasteiger partial charge on any atom is 0.437 e. The fourth-order valence-corrected chi connectivity index (χ4v) is 0.826. The van der Waals surface area contributed by atoms with Gasteiger partial charge in [0.15, 0.2) is 0 Å². The summed E-state index contributed by atoms with van der Waals surface area (Å²) in [7, 11) is 0. The molecule has 0 aliphatic carbocycles. The van der Waals surface area contributed by atoms with Gasteiger partial charge in [0, 0.05) is 0 Å². The molecular formula is C4H10N14O4. The molecule has 2 aromatic rings. The summed E-state index contributed by atoms with van der Waals surface area (Å²) in [4.78, 5) is 21.2. The molecule has 0 aromatic carbocycles. The van der Waals surface area contributed by atoms with Crippen molar-refractivity contribution in [2.75, 3.05) is 0 Å². The minimum atomic E-state index is -1.48. The molecule has 18 nitrogen and oxygen atoms in total. The van der Waals surface area contributed by atoms with Crippen LogP contribution in [-0.2, 0) is 0 Å². The summed E-state index contributed by atoms with van der Waals surface area (Å²) < 4.78 is 0.664. The SMILES string of the molecule is NN.NN.O=C(O)n1nnnc1N=Nc1nnnn1C(=O)O. The fraction of sp³-hybridized carbons (Fsp3) is 0. The van der Waals surface area contributed by atoms with Gasteiger partial charge in [-0.15, -0.1) is 19.6 Å². The lowest BCUT2D eigenvalue weighted by atomic mass is 10.9. The van der Waals surface area contributed by atoms with Crippen molar-refractivity contribution in [3.8, 4) is 0 Å². The van der Waals surface area contributed by atoms with Crippen LogP contribution in [0.5, 0.6) is 0 Å². The quantitative estimate of drug-likeness (QED) is 0.137. The molecular weight excluding hydrogens is 308 g/mol. The van der Waals surface area contributed by atoms with Crippen LogP contribution < -0.4 is 23.4 Å². The van der Waals surface area contributed by atoms with Gasteiger partial charge in [-0.3, -0.25) is 23.4 Å². The molecule has 0 radical (unpaired) electrons. The number of nitrogens with two attached hydrogens (primary N) is 4. The maximum atomic E-state index is 10.6. The molecule has 2 aromatic heterocycles. The Bertz CT molecular complexity index is 574. The molecule has 0 spiro atoms. The Balaban J connectivity index is 0.00000102. The number of nitrogens with zero attached hydrogens (tertiary/aromatic N) is 10. The molecule has 22 heavy (non-hydrogen) atoms. The maximum absolute atomic E-state index is 10.6. The topological polar surface area (TPSA) is 291 Å². The van der Waals surface area contributed by atoms with Gasteiger partial charge in [-0.05, 0) is 20.9 Å². The Morgan fingerprint density at radius 2 is 1.14 bits per heavy atom. The van der Waals surface area contributed by atoms with Crippen molar-refractivity contribution in [2.24, 2.45) is 33.6 Å². The molecule has 2 rings (SSSR count). The molecule has 0 bridgehead atoms. The highest BCUT2D eigenvalue weighted by molar-refractivity contribution is 5.70. The van der Waals surface area contributed by atoms with Crippen LogP contribution >= 0.6 is 0 Å². The third-order valence-corrected chi connectivity index (χ3v) is 1.50. The number of hydrogen-bond acceptors (Lipinski definition) is 14. The minimum absolute atomic E-state index is 0.332. The van der Waals surface area contributed by atoms with Crippen molar-refractivity contribution >= 4 is 24.1 Å². The number of hydrogen-bond donors (Lipinski definition) is 6. The summed E-state index contributed by atoms with van der Waals surface area (Å²) in [6.07, 6.45) is -2.96. The second-order valence-electron chi connectivity index (χ2n) is 2.55. The number of carboxylic acid groups (broad SMARTS) is 2. The van der Waals surface area contributed by atoms with E-state index in [0.29, 0.717) is 9.36 Å². The molecule has 120 valence electrons. The van der Waals surface area contributed by atoms with Crippen LogP contribution in [0.15, 0.2) is 10.2 Å². The molecule has 10 N–H and O–H groups in total. The van der Waals surface area contributed by atoms with Crippen LogP contribution in [-0.4, -0.2) is 62.8 Å². The van der Waals surface area contributed by atoms with Crippen LogP contribution in [0.1, 0.15) is 0 Å². The summed E-state index contributed by atoms with van der Waals surface area (Å²) in [6.45, 7) is 0. The molecule has 0 saturated heterocycles. The Hall–Kier alpha value is -3.48. The highest BCUT2D eigenvalue weighted by Crippen LogP contribution is 2.11. The Labute approximate surface area is 119 Å². The van der Waals surface area contributed by atoms with Crippen molar-refractivity contribution in [1.82, 2.24) is 40.4 Å². The second-order valence-corrected chi connectivity index (χ2v) is 2.55. The average molecular weight is 318 g/mol. The number of hydrazine groups is 2.